The van der Waals surface area contributed by atoms with Crippen LogP contribution in [0.2, 0.25) is 10.4 Å². The Balaban J connectivity index is 2.48. The molecule has 2 aromatic heterocycles. The second-order valence-corrected chi connectivity index (χ2v) is 6.13. The number of aromatic nitrogens is 4. The summed E-state index contributed by atoms with van der Waals surface area (Å²) in [4.78, 5) is 17.7. The number of anilines is 1. The number of sulfonamides is 1. The maximum Gasteiger partial charge on any atom is 0.357 e. The number of nitrogens with zero attached hydrogens (tertiary/aromatic N) is 3. The highest BCUT2D eigenvalue weighted by atomic mass is 35.5. The predicted octanol–water partition coefficient (Wildman–Crippen LogP) is 1.31. The predicted molar refractivity (Wildman–Crippen MR) is 73.1 cm³/mol. The van der Waals surface area contributed by atoms with Gasteiger partial charge < -0.3 is 5.11 Å². The summed E-state index contributed by atoms with van der Waals surface area (Å²) in [6.07, 6.45) is 0. The Morgan fingerprint density at radius 2 is 2.05 bits per heavy atom. The van der Waals surface area contributed by atoms with Gasteiger partial charge in [-0.1, -0.05) is 11.6 Å². The number of aromatic amines is 1. The first kappa shape index (κ1) is 15.5. The monoisotopic (exact) mass is 351 g/mol. The van der Waals surface area contributed by atoms with E-state index in [1.807, 2.05) is 0 Å². The summed E-state index contributed by atoms with van der Waals surface area (Å²) in [6.45, 7) is 1.37. The van der Waals surface area contributed by atoms with E-state index in [0.29, 0.717) is 0 Å². The third-order valence-corrected chi connectivity index (χ3v) is 4.15. The second kappa shape index (κ2) is 5.47. The molecule has 0 fully saturated rings. The highest BCUT2D eigenvalue weighted by Gasteiger charge is 2.28. The molecule has 9 nitrogen and oxygen atoms in total. The van der Waals surface area contributed by atoms with E-state index in [4.69, 9.17) is 28.3 Å². The molecule has 0 aliphatic rings. The standard InChI is InChI=1S/C9H7Cl2N5O4S/c1-3-7(6(8(17)18)15-14-3)21(19,20)16-5-2-4(10)12-9(11)13-5/h2H,1H3,(H,14,15)(H,17,18)(H,12,13,16). The highest BCUT2D eigenvalue weighted by molar-refractivity contribution is 7.92. The Morgan fingerprint density at radius 1 is 1.38 bits per heavy atom. The van der Waals surface area contributed by atoms with Gasteiger partial charge in [0.05, 0.1) is 5.69 Å². The van der Waals surface area contributed by atoms with Crippen LogP contribution in [-0.4, -0.2) is 39.7 Å². The number of halogens is 2. The first-order valence-corrected chi connectivity index (χ1v) is 7.46. The Bertz CT molecular complexity index is 799. The smallest absolute Gasteiger partial charge is 0.357 e. The summed E-state index contributed by atoms with van der Waals surface area (Å²) < 4.78 is 26.6. The fraction of sp³-hybridized carbons (Fsp3) is 0.111. The van der Waals surface area contributed by atoms with Crippen molar-refractivity contribution in [3.63, 3.8) is 0 Å². The van der Waals surface area contributed by atoms with Crippen LogP contribution in [-0.2, 0) is 10.0 Å². The van der Waals surface area contributed by atoms with Crippen molar-refractivity contribution < 1.29 is 18.3 Å². The van der Waals surface area contributed by atoms with Gasteiger partial charge in [0.1, 0.15) is 15.9 Å². The number of aryl methyl sites for hydroxylation is 1. The Morgan fingerprint density at radius 3 is 2.62 bits per heavy atom. The number of nitrogens with one attached hydrogen (secondary N) is 2. The van der Waals surface area contributed by atoms with Crippen molar-refractivity contribution in [1.82, 2.24) is 20.2 Å². The van der Waals surface area contributed by atoms with Gasteiger partial charge in [-0.3, -0.25) is 9.82 Å². The minimum atomic E-state index is -4.24. The summed E-state index contributed by atoms with van der Waals surface area (Å²) in [6, 6.07) is 1.13. The minimum absolute atomic E-state index is 0.0613. The van der Waals surface area contributed by atoms with Crippen LogP contribution in [0.4, 0.5) is 5.82 Å². The molecular weight excluding hydrogens is 345 g/mol. The molecule has 2 rings (SSSR count). The number of H-pyrrole nitrogens is 1. The molecular formula is C9H7Cl2N5O4S. The van der Waals surface area contributed by atoms with E-state index in [1.165, 1.54) is 6.92 Å². The summed E-state index contributed by atoms with van der Waals surface area (Å²) >= 11 is 11.2. The molecule has 0 bridgehead atoms. The van der Waals surface area contributed by atoms with Crippen LogP contribution in [0, 0.1) is 6.92 Å². The van der Waals surface area contributed by atoms with Gasteiger partial charge in [0.2, 0.25) is 5.28 Å². The van der Waals surface area contributed by atoms with Crippen LogP contribution >= 0.6 is 23.2 Å². The fourth-order valence-corrected chi connectivity index (χ4v) is 3.25. The molecule has 0 radical (unpaired) electrons. The molecule has 0 atom stereocenters. The van der Waals surface area contributed by atoms with Crippen molar-refractivity contribution in [1.29, 1.82) is 0 Å². The summed E-state index contributed by atoms with van der Waals surface area (Å²) in [5.74, 6) is -1.68. The maximum atomic E-state index is 12.3. The summed E-state index contributed by atoms with van der Waals surface area (Å²) in [7, 11) is -4.24. The van der Waals surface area contributed by atoms with E-state index in [-0.39, 0.29) is 21.9 Å². The normalized spacial score (nSPS) is 11.4. The molecule has 0 aliphatic heterocycles. The van der Waals surface area contributed by atoms with Crippen LogP contribution < -0.4 is 4.72 Å². The van der Waals surface area contributed by atoms with Crippen molar-refractivity contribution in [2.24, 2.45) is 0 Å². The zero-order valence-corrected chi connectivity index (χ0v) is 12.6. The van der Waals surface area contributed by atoms with E-state index < -0.39 is 26.6 Å². The van der Waals surface area contributed by atoms with Crippen LogP contribution in [0.5, 0.6) is 0 Å². The number of aromatic carboxylic acids is 1. The third-order valence-electron chi connectivity index (χ3n) is 2.27. The lowest BCUT2D eigenvalue weighted by Crippen LogP contribution is -2.17. The van der Waals surface area contributed by atoms with Gasteiger partial charge in [-0.05, 0) is 18.5 Å². The minimum Gasteiger partial charge on any atom is -0.476 e. The lowest BCUT2D eigenvalue weighted by molar-refractivity contribution is 0.0686. The first-order chi connectivity index (χ1) is 9.70. The molecule has 0 amide bonds. The fourth-order valence-electron chi connectivity index (χ4n) is 1.52. The van der Waals surface area contributed by atoms with Crippen LogP contribution in [0.15, 0.2) is 11.0 Å². The number of hydrogen-bond donors (Lipinski definition) is 3. The van der Waals surface area contributed by atoms with Crippen molar-refractivity contribution in [3.05, 3.63) is 27.9 Å². The van der Waals surface area contributed by atoms with Gasteiger partial charge in [-0.25, -0.2) is 18.2 Å². The summed E-state index contributed by atoms with van der Waals surface area (Å²) in [5.41, 5.74) is -0.572. The number of carboxylic acid groups (broad SMARTS) is 1. The SMILES string of the molecule is Cc1[nH]nc(C(=O)O)c1S(=O)(=O)Nc1cc(Cl)nc(Cl)n1. The van der Waals surface area contributed by atoms with E-state index in [0.717, 1.165) is 6.07 Å². The molecule has 0 aliphatic carbocycles. The molecule has 12 heteroatoms. The van der Waals surface area contributed by atoms with Gasteiger partial charge >= 0.3 is 5.97 Å². The van der Waals surface area contributed by atoms with Crippen LogP contribution in [0.3, 0.4) is 0 Å². The van der Waals surface area contributed by atoms with Crippen molar-refractivity contribution in [2.75, 3.05) is 4.72 Å². The first-order valence-electron chi connectivity index (χ1n) is 5.22. The van der Waals surface area contributed by atoms with Gasteiger partial charge in [-0.15, -0.1) is 0 Å². The zero-order chi connectivity index (χ0) is 15.8. The van der Waals surface area contributed by atoms with Gasteiger partial charge in [0, 0.05) is 6.07 Å². The second-order valence-electron chi connectivity index (χ2n) is 3.78. The van der Waals surface area contributed by atoms with Crippen LogP contribution in [0.25, 0.3) is 0 Å². The molecule has 0 saturated carbocycles. The number of hydrogen-bond acceptors (Lipinski definition) is 6. The third kappa shape index (κ3) is 3.23. The topological polar surface area (TPSA) is 138 Å². The zero-order valence-electron chi connectivity index (χ0n) is 10.3. The molecule has 2 heterocycles. The van der Waals surface area contributed by atoms with E-state index in [2.05, 4.69) is 24.9 Å². The highest BCUT2D eigenvalue weighted by Crippen LogP contribution is 2.22. The molecule has 0 saturated heterocycles. The largest absolute Gasteiger partial charge is 0.476 e. The molecule has 112 valence electrons. The van der Waals surface area contributed by atoms with Crippen molar-refractivity contribution in [2.45, 2.75) is 11.8 Å². The quantitative estimate of drug-likeness (QED) is 0.557. The summed E-state index contributed by atoms with van der Waals surface area (Å²) in [5, 5.41) is 14.3. The number of carbonyl (C=O) groups is 1. The lowest BCUT2D eigenvalue weighted by Gasteiger charge is -2.07. The van der Waals surface area contributed by atoms with E-state index in [9.17, 15) is 13.2 Å². The van der Waals surface area contributed by atoms with Crippen LogP contribution in [0.1, 0.15) is 16.2 Å². The molecule has 0 spiro atoms. The number of rotatable bonds is 4. The van der Waals surface area contributed by atoms with Gasteiger partial charge in [-0.2, -0.15) is 10.1 Å². The lowest BCUT2D eigenvalue weighted by atomic mass is 10.4. The van der Waals surface area contributed by atoms with Gasteiger partial charge in [0.15, 0.2) is 5.69 Å². The Kier molecular flexibility index (Phi) is 4.03. The molecule has 21 heavy (non-hydrogen) atoms. The van der Waals surface area contributed by atoms with E-state index in [1.54, 1.807) is 0 Å². The maximum absolute atomic E-state index is 12.3. The average Bonchev–Trinajstić information content (AvgIpc) is 2.69. The molecule has 0 aromatic carbocycles. The molecule has 0 unspecified atom stereocenters. The van der Waals surface area contributed by atoms with E-state index >= 15 is 0 Å². The Labute approximate surface area is 128 Å². The van der Waals surface area contributed by atoms with Crippen molar-refractivity contribution in [3.8, 4) is 0 Å². The number of carboxylic acids is 1. The average molecular weight is 352 g/mol. The molecule has 3 N–H and O–H groups in total. The van der Waals surface area contributed by atoms with Crippen molar-refractivity contribution >= 4 is 45.0 Å². The van der Waals surface area contributed by atoms with Gasteiger partial charge in [0.25, 0.3) is 10.0 Å². The Hall–Kier alpha value is -1.91. The molecule has 2 aromatic rings.